The topological polar surface area (TPSA) is 171 Å². The summed E-state index contributed by atoms with van der Waals surface area (Å²) in [6.07, 6.45) is -8.58. The Kier molecular flexibility index (Phi) is 6.67. The minimum atomic E-state index is -4.65. The van der Waals surface area contributed by atoms with E-state index < -0.39 is 61.9 Å². The summed E-state index contributed by atoms with van der Waals surface area (Å²) in [6, 6.07) is 6.18. The SMILES string of the molecule is C[C@@]1(O)[C@H](O)[C@@H](COP2(=O)OCC[C@@H](c3ccccc3C(F)(F)F)O2)O[C@H]1n1ccc2c(=O)[nH]c(N)nc21. The number of phosphoric acid groups is 1. The maximum absolute atomic E-state index is 13.5. The van der Waals surface area contributed by atoms with Crippen LogP contribution in [-0.2, 0) is 29.0 Å². The Morgan fingerprint density at radius 3 is 2.82 bits per heavy atom. The molecule has 1 unspecified atom stereocenters. The first-order valence-corrected chi connectivity index (χ1v) is 12.9. The molecule has 6 atom stereocenters. The van der Waals surface area contributed by atoms with Crippen LogP contribution in [0.3, 0.4) is 0 Å². The molecule has 2 aromatic heterocycles. The van der Waals surface area contributed by atoms with Crippen molar-refractivity contribution in [3.8, 4) is 0 Å². The van der Waals surface area contributed by atoms with Crippen molar-refractivity contribution in [2.45, 2.75) is 49.7 Å². The fourth-order valence-electron chi connectivity index (χ4n) is 4.62. The van der Waals surface area contributed by atoms with Crippen molar-refractivity contribution in [2.24, 2.45) is 0 Å². The zero-order valence-corrected chi connectivity index (χ0v) is 20.7. The van der Waals surface area contributed by atoms with E-state index in [0.717, 1.165) is 6.07 Å². The number of ether oxygens (including phenoxy) is 1. The van der Waals surface area contributed by atoms with E-state index >= 15 is 0 Å². The van der Waals surface area contributed by atoms with E-state index in [-0.39, 0.29) is 35.6 Å². The van der Waals surface area contributed by atoms with Gasteiger partial charge in [0.05, 0.1) is 30.3 Å². The number of aromatic amines is 1. The highest BCUT2D eigenvalue weighted by Gasteiger charge is 2.54. The second kappa shape index (κ2) is 9.45. The molecular weight excluding hydrogens is 536 g/mol. The molecule has 5 rings (SSSR count). The monoisotopic (exact) mass is 560 g/mol. The number of H-pyrrole nitrogens is 1. The molecule has 0 amide bonds. The van der Waals surface area contributed by atoms with Gasteiger partial charge in [-0.05, 0) is 24.6 Å². The van der Waals surface area contributed by atoms with E-state index in [9.17, 15) is 32.7 Å². The zero-order chi connectivity index (χ0) is 27.5. The predicted molar refractivity (Wildman–Crippen MR) is 125 cm³/mol. The third-order valence-electron chi connectivity index (χ3n) is 6.50. The van der Waals surface area contributed by atoms with Crippen LogP contribution in [0.2, 0.25) is 0 Å². The molecule has 0 saturated carbocycles. The summed E-state index contributed by atoms with van der Waals surface area (Å²) in [6.45, 7) is 0.470. The number of nitrogens with one attached hydrogen (secondary N) is 1. The Bertz CT molecular complexity index is 1460. The molecule has 0 aliphatic carbocycles. The van der Waals surface area contributed by atoms with Crippen LogP contribution in [-0.4, -0.2) is 55.8 Å². The summed E-state index contributed by atoms with van der Waals surface area (Å²) in [5, 5.41) is 21.9. The minimum Gasteiger partial charge on any atom is -0.387 e. The third-order valence-corrected chi connectivity index (χ3v) is 7.98. The van der Waals surface area contributed by atoms with Gasteiger partial charge in [-0.3, -0.25) is 23.3 Å². The van der Waals surface area contributed by atoms with Gasteiger partial charge in [0, 0.05) is 12.6 Å². The van der Waals surface area contributed by atoms with Gasteiger partial charge in [0.25, 0.3) is 5.56 Å². The molecule has 1 aromatic carbocycles. The lowest BCUT2D eigenvalue weighted by Crippen LogP contribution is -2.44. The van der Waals surface area contributed by atoms with Gasteiger partial charge in [0.2, 0.25) is 5.95 Å². The molecule has 4 heterocycles. The first-order valence-electron chi connectivity index (χ1n) is 11.5. The summed E-state index contributed by atoms with van der Waals surface area (Å²) < 4.78 is 76.5. The van der Waals surface area contributed by atoms with Crippen molar-refractivity contribution in [2.75, 3.05) is 18.9 Å². The van der Waals surface area contributed by atoms with E-state index in [1.54, 1.807) is 0 Å². The fraction of sp³-hybridized carbons (Fsp3) is 0.455. The number of nitrogens with two attached hydrogens (primary N) is 1. The molecule has 5 N–H and O–H groups in total. The number of aliphatic hydroxyl groups is 2. The predicted octanol–water partition coefficient (Wildman–Crippen LogP) is 2.64. The lowest BCUT2D eigenvalue weighted by Gasteiger charge is -2.31. The number of phosphoric ester groups is 1. The molecule has 2 fully saturated rings. The molecule has 2 aliphatic heterocycles. The Morgan fingerprint density at radius 2 is 2.08 bits per heavy atom. The second-order valence-corrected chi connectivity index (χ2v) is 10.8. The van der Waals surface area contributed by atoms with Crippen LogP contribution in [0.4, 0.5) is 19.1 Å². The molecule has 38 heavy (non-hydrogen) atoms. The van der Waals surface area contributed by atoms with Crippen molar-refractivity contribution < 1.29 is 46.3 Å². The van der Waals surface area contributed by atoms with Gasteiger partial charge >= 0.3 is 14.0 Å². The molecule has 0 spiro atoms. The number of hydrogen-bond donors (Lipinski definition) is 4. The van der Waals surface area contributed by atoms with E-state index in [1.807, 2.05) is 0 Å². The van der Waals surface area contributed by atoms with Gasteiger partial charge in [-0.25, -0.2) is 4.57 Å². The number of anilines is 1. The van der Waals surface area contributed by atoms with Crippen molar-refractivity contribution >= 4 is 24.8 Å². The Morgan fingerprint density at radius 1 is 1.34 bits per heavy atom. The number of halogens is 3. The van der Waals surface area contributed by atoms with Gasteiger partial charge in [-0.1, -0.05) is 18.2 Å². The van der Waals surface area contributed by atoms with Gasteiger partial charge < -0.3 is 25.3 Å². The molecular formula is C22H24F3N4O8P. The molecule has 2 saturated heterocycles. The van der Waals surface area contributed by atoms with Crippen LogP contribution in [0.1, 0.15) is 36.8 Å². The van der Waals surface area contributed by atoms with Gasteiger partial charge in [0.1, 0.15) is 17.8 Å². The first-order chi connectivity index (χ1) is 17.8. The van der Waals surface area contributed by atoms with E-state index in [0.29, 0.717) is 0 Å². The Labute approximate surface area is 212 Å². The molecule has 3 aromatic rings. The van der Waals surface area contributed by atoms with E-state index in [4.69, 9.17) is 24.0 Å². The normalized spacial score (nSPS) is 32.2. The summed E-state index contributed by atoms with van der Waals surface area (Å²) in [5.74, 6) is -0.174. The number of nitrogens with zero attached hydrogens (tertiary/aromatic N) is 2. The number of fused-ring (bicyclic) bond motifs is 1. The number of aromatic nitrogens is 3. The molecule has 206 valence electrons. The maximum Gasteiger partial charge on any atom is 0.475 e. The van der Waals surface area contributed by atoms with Crippen molar-refractivity contribution in [1.29, 1.82) is 0 Å². The highest BCUT2D eigenvalue weighted by molar-refractivity contribution is 7.48. The van der Waals surface area contributed by atoms with Crippen molar-refractivity contribution in [3.05, 3.63) is 58.0 Å². The molecule has 0 radical (unpaired) electrons. The number of alkyl halides is 3. The lowest BCUT2D eigenvalue weighted by atomic mass is 9.96. The molecule has 0 bridgehead atoms. The number of hydrogen-bond acceptors (Lipinski definition) is 10. The Hall–Kier alpha value is -2.78. The molecule has 2 aliphatic rings. The standard InChI is InChI=1S/C22H24F3N4O8P/c1-21(32)16(30)15(36-19(21)29-8-6-12-17(29)27-20(26)28-18(12)31)10-35-38(33)34-9-7-14(37-38)11-4-2-3-5-13(11)22(23,24)25/h2-6,8,14-16,19,30,32H,7,9-10H2,1H3,(H3,26,27,28,31)/t14-,15+,16+,19+,21+,38?/m0/s1. The average molecular weight is 560 g/mol. The smallest absolute Gasteiger partial charge is 0.387 e. The van der Waals surface area contributed by atoms with Crippen LogP contribution < -0.4 is 11.3 Å². The number of rotatable bonds is 5. The molecule has 12 nitrogen and oxygen atoms in total. The molecule has 16 heteroatoms. The lowest BCUT2D eigenvalue weighted by molar-refractivity contribution is -0.139. The Balaban J connectivity index is 1.33. The number of nitrogen functional groups attached to an aromatic ring is 1. The van der Waals surface area contributed by atoms with Crippen LogP contribution in [0.5, 0.6) is 0 Å². The minimum absolute atomic E-state index is 0.00422. The fourth-order valence-corrected chi connectivity index (χ4v) is 6.00. The third kappa shape index (κ3) is 4.75. The largest absolute Gasteiger partial charge is 0.475 e. The zero-order valence-electron chi connectivity index (χ0n) is 19.8. The van der Waals surface area contributed by atoms with Crippen molar-refractivity contribution in [1.82, 2.24) is 14.5 Å². The van der Waals surface area contributed by atoms with Gasteiger partial charge in [-0.2, -0.15) is 18.2 Å². The second-order valence-electron chi connectivity index (χ2n) is 9.15. The quantitative estimate of drug-likeness (QED) is 0.340. The summed E-state index contributed by atoms with van der Waals surface area (Å²) in [4.78, 5) is 18.6. The van der Waals surface area contributed by atoms with E-state index in [1.165, 1.54) is 42.0 Å². The number of benzene rings is 1. The van der Waals surface area contributed by atoms with Gasteiger partial charge in [0.15, 0.2) is 11.9 Å². The number of aliphatic hydroxyl groups excluding tert-OH is 1. The first kappa shape index (κ1) is 26.8. The van der Waals surface area contributed by atoms with Crippen LogP contribution >= 0.6 is 7.82 Å². The maximum atomic E-state index is 13.5. The average Bonchev–Trinajstić information content (AvgIpc) is 3.35. The summed E-state index contributed by atoms with van der Waals surface area (Å²) in [5.41, 5.74) is 2.12. The van der Waals surface area contributed by atoms with E-state index in [2.05, 4.69) is 9.97 Å². The van der Waals surface area contributed by atoms with Gasteiger partial charge in [-0.15, -0.1) is 0 Å². The van der Waals surface area contributed by atoms with Crippen LogP contribution in [0.25, 0.3) is 11.0 Å². The van der Waals surface area contributed by atoms with Crippen LogP contribution in [0.15, 0.2) is 41.3 Å². The van der Waals surface area contributed by atoms with Crippen molar-refractivity contribution in [3.63, 3.8) is 0 Å². The van der Waals surface area contributed by atoms with Crippen LogP contribution in [0, 0.1) is 0 Å². The highest BCUT2D eigenvalue weighted by Crippen LogP contribution is 2.58. The summed E-state index contributed by atoms with van der Waals surface area (Å²) >= 11 is 0. The highest BCUT2D eigenvalue weighted by atomic mass is 31.2. The summed E-state index contributed by atoms with van der Waals surface area (Å²) in [7, 11) is -4.38.